The molecule has 25 heavy (non-hydrogen) atoms. The predicted octanol–water partition coefficient (Wildman–Crippen LogP) is 2.39. The lowest BCUT2D eigenvalue weighted by Crippen LogP contribution is -2.21. The van der Waals surface area contributed by atoms with Crippen molar-refractivity contribution in [3.63, 3.8) is 0 Å². The molecule has 1 aromatic heterocycles. The maximum Gasteiger partial charge on any atom is 0.355 e. The molecular formula is C18H20N2O5. The second-order valence-electron chi connectivity index (χ2n) is 5.34. The van der Waals surface area contributed by atoms with Crippen LogP contribution in [0.3, 0.4) is 0 Å². The largest absolute Gasteiger partial charge is 0.462 e. The number of rotatable bonds is 7. The number of hydrogen-bond acceptors (Lipinski definition) is 5. The van der Waals surface area contributed by atoms with E-state index < -0.39 is 24.5 Å². The summed E-state index contributed by atoms with van der Waals surface area (Å²) in [5.41, 5.74) is 1.26. The van der Waals surface area contributed by atoms with Crippen LogP contribution in [0.2, 0.25) is 0 Å². The maximum atomic E-state index is 11.8. The number of aromatic nitrogens is 1. The van der Waals surface area contributed by atoms with Gasteiger partial charge in [-0.1, -0.05) is 6.92 Å². The summed E-state index contributed by atoms with van der Waals surface area (Å²) in [6.07, 6.45) is 2.46. The molecule has 0 atom stereocenters. The van der Waals surface area contributed by atoms with Crippen LogP contribution in [0.25, 0.3) is 0 Å². The lowest BCUT2D eigenvalue weighted by Gasteiger charge is -2.08. The summed E-state index contributed by atoms with van der Waals surface area (Å²) in [5, 5.41) is 2.59. The van der Waals surface area contributed by atoms with Crippen molar-refractivity contribution in [2.45, 2.75) is 13.3 Å². The Morgan fingerprint density at radius 3 is 2.36 bits per heavy atom. The van der Waals surface area contributed by atoms with E-state index in [0.717, 1.165) is 6.42 Å². The first-order chi connectivity index (χ1) is 12.0. The molecule has 0 aliphatic rings. The Kier molecular flexibility index (Phi) is 6.33. The van der Waals surface area contributed by atoms with E-state index in [2.05, 4.69) is 5.32 Å². The van der Waals surface area contributed by atoms with Crippen LogP contribution in [0, 0.1) is 0 Å². The molecule has 0 radical (unpaired) electrons. The second kappa shape index (κ2) is 8.68. The molecule has 7 heteroatoms. The molecule has 1 heterocycles. The lowest BCUT2D eigenvalue weighted by atomic mass is 10.2. The van der Waals surface area contributed by atoms with Gasteiger partial charge in [0.25, 0.3) is 5.91 Å². The number of carbonyl (C=O) groups is 3. The fraction of sp³-hybridized carbons (Fsp3) is 0.278. The van der Waals surface area contributed by atoms with E-state index in [0.29, 0.717) is 23.6 Å². The van der Waals surface area contributed by atoms with Crippen molar-refractivity contribution in [2.24, 2.45) is 7.05 Å². The van der Waals surface area contributed by atoms with Gasteiger partial charge in [-0.05, 0) is 42.8 Å². The van der Waals surface area contributed by atoms with Crippen molar-refractivity contribution >= 4 is 23.5 Å². The Bertz CT molecular complexity index is 749. The first kappa shape index (κ1) is 18.3. The molecule has 1 N–H and O–H groups in total. The van der Waals surface area contributed by atoms with Crippen molar-refractivity contribution in [1.29, 1.82) is 0 Å². The molecule has 2 aromatic rings. The van der Waals surface area contributed by atoms with Gasteiger partial charge in [0.05, 0.1) is 12.2 Å². The molecule has 2 rings (SSSR count). The van der Waals surface area contributed by atoms with Crippen molar-refractivity contribution < 1.29 is 23.9 Å². The van der Waals surface area contributed by atoms with E-state index in [-0.39, 0.29) is 0 Å². The summed E-state index contributed by atoms with van der Waals surface area (Å²) in [6, 6.07) is 9.60. The van der Waals surface area contributed by atoms with Gasteiger partial charge in [-0.15, -0.1) is 0 Å². The quantitative estimate of drug-likeness (QED) is 0.779. The molecule has 0 saturated heterocycles. The second-order valence-corrected chi connectivity index (χ2v) is 5.34. The highest BCUT2D eigenvalue weighted by Gasteiger charge is 2.13. The van der Waals surface area contributed by atoms with Crippen molar-refractivity contribution in [3.05, 3.63) is 53.9 Å². The van der Waals surface area contributed by atoms with Crippen molar-refractivity contribution in [3.8, 4) is 0 Å². The summed E-state index contributed by atoms with van der Waals surface area (Å²) in [6.45, 7) is 1.88. The molecule has 0 saturated carbocycles. The zero-order chi connectivity index (χ0) is 18.2. The van der Waals surface area contributed by atoms with Gasteiger partial charge < -0.3 is 19.4 Å². The highest BCUT2D eigenvalue weighted by molar-refractivity contribution is 5.95. The Labute approximate surface area is 145 Å². The van der Waals surface area contributed by atoms with Crippen LogP contribution in [0.1, 0.15) is 34.2 Å². The molecule has 0 fully saturated rings. The Hall–Kier alpha value is -3.09. The van der Waals surface area contributed by atoms with Crippen LogP contribution in [0.4, 0.5) is 5.69 Å². The maximum absolute atomic E-state index is 11.8. The normalized spacial score (nSPS) is 10.2. The molecule has 1 amide bonds. The van der Waals surface area contributed by atoms with Crippen LogP contribution < -0.4 is 5.32 Å². The van der Waals surface area contributed by atoms with Crippen LogP contribution in [-0.4, -0.2) is 35.6 Å². The fourth-order valence-corrected chi connectivity index (χ4v) is 2.04. The Morgan fingerprint density at radius 2 is 1.76 bits per heavy atom. The predicted molar refractivity (Wildman–Crippen MR) is 91.3 cm³/mol. The van der Waals surface area contributed by atoms with Crippen LogP contribution in [0.5, 0.6) is 0 Å². The Balaban J connectivity index is 1.83. The van der Waals surface area contributed by atoms with Gasteiger partial charge in [-0.2, -0.15) is 0 Å². The highest BCUT2D eigenvalue weighted by Crippen LogP contribution is 2.11. The number of esters is 2. The monoisotopic (exact) mass is 344 g/mol. The average molecular weight is 344 g/mol. The number of ether oxygens (including phenoxy) is 2. The van der Waals surface area contributed by atoms with Crippen LogP contribution >= 0.6 is 0 Å². The van der Waals surface area contributed by atoms with Gasteiger partial charge in [0.1, 0.15) is 5.69 Å². The number of anilines is 1. The summed E-state index contributed by atoms with van der Waals surface area (Å²) in [5.74, 6) is -1.45. The minimum absolute atomic E-state index is 0.364. The van der Waals surface area contributed by atoms with E-state index in [4.69, 9.17) is 9.47 Å². The minimum Gasteiger partial charge on any atom is -0.462 e. The lowest BCUT2D eigenvalue weighted by molar-refractivity contribution is -0.119. The third-order valence-corrected chi connectivity index (χ3v) is 3.33. The third-order valence-electron chi connectivity index (χ3n) is 3.33. The summed E-state index contributed by atoms with van der Waals surface area (Å²) in [4.78, 5) is 35.3. The van der Waals surface area contributed by atoms with Crippen molar-refractivity contribution in [1.82, 2.24) is 4.57 Å². The molecule has 0 aliphatic carbocycles. The average Bonchev–Trinajstić information content (AvgIpc) is 3.04. The molecule has 0 bridgehead atoms. The van der Waals surface area contributed by atoms with Crippen LogP contribution in [-0.2, 0) is 21.3 Å². The topological polar surface area (TPSA) is 86.6 Å². The van der Waals surface area contributed by atoms with E-state index in [1.54, 1.807) is 54.2 Å². The molecule has 1 aromatic carbocycles. The third kappa shape index (κ3) is 5.20. The van der Waals surface area contributed by atoms with Gasteiger partial charge in [-0.25, -0.2) is 9.59 Å². The number of aryl methyl sites for hydroxylation is 1. The SMILES string of the molecule is CCCOC(=O)c1ccc(NC(=O)COC(=O)c2cccn2C)cc1. The zero-order valence-corrected chi connectivity index (χ0v) is 14.2. The van der Waals surface area contributed by atoms with Gasteiger partial charge in [-0.3, -0.25) is 4.79 Å². The number of carbonyl (C=O) groups excluding carboxylic acids is 3. The van der Waals surface area contributed by atoms with E-state index in [1.807, 2.05) is 6.92 Å². The number of benzene rings is 1. The first-order valence-corrected chi connectivity index (χ1v) is 7.86. The van der Waals surface area contributed by atoms with E-state index in [1.165, 1.54) is 0 Å². The summed E-state index contributed by atoms with van der Waals surface area (Å²) >= 11 is 0. The number of nitrogens with one attached hydrogen (secondary N) is 1. The molecule has 0 unspecified atom stereocenters. The molecule has 132 valence electrons. The van der Waals surface area contributed by atoms with Gasteiger partial charge in [0, 0.05) is 18.9 Å². The number of amides is 1. The van der Waals surface area contributed by atoms with Gasteiger partial charge in [0.15, 0.2) is 6.61 Å². The fourth-order valence-electron chi connectivity index (χ4n) is 2.04. The number of nitrogens with zero attached hydrogens (tertiary/aromatic N) is 1. The number of hydrogen-bond donors (Lipinski definition) is 1. The molecule has 7 nitrogen and oxygen atoms in total. The standard InChI is InChI=1S/C18H20N2O5/c1-3-11-24-17(22)13-6-8-14(9-7-13)19-16(21)12-25-18(23)15-5-4-10-20(15)2/h4-10H,3,11-12H2,1-2H3,(H,19,21). The summed E-state index contributed by atoms with van der Waals surface area (Å²) < 4.78 is 11.6. The van der Waals surface area contributed by atoms with E-state index >= 15 is 0 Å². The molecule has 0 aliphatic heterocycles. The smallest absolute Gasteiger partial charge is 0.355 e. The minimum atomic E-state index is -0.573. The zero-order valence-electron chi connectivity index (χ0n) is 14.2. The molecule has 0 spiro atoms. The molecular weight excluding hydrogens is 324 g/mol. The van der Waals surface area contributed by atoms with Crippen LogP contribution in [0.15, 0.2) is 42.6 Å². The first-order valence-electron chi connectivity index (χ1n) is 7.86. The van der Waals surface area contributed by atoms with E-state index in [9.17, 15) is 14.4 Å². The van der Waals surface area contributed by atoms with Gasteiger partial charge >= 0.3 is 11.9 Å². The summed E-state index contributed by atoms with van der Waals surface area (Å²) in [7, 11) is 1.71. The Morgan fingerprint density at radius 1 is 1.04 bits per heavy atom. The van der Waals surface area contributed by atoms with Gasteiger partial charge in [0.2, 0.25) is 0 Å². The van der Waals surface area contributed by atoms with Crippen molar-refractivity contribution in [2.75, 3.05) is 18.5 Å². The highest BCUT2D eigenvalue weighted by atomic mass is 16.5.